The normalized spacial score (nSPS) is 11.7. The lowest BCUT2D eigenvalue weighted by atomic mass is 10.1. The van der Waals surface area contributed by atoms with Crippen LogP contribution in [0.25, 0.3) is 11.5 Å². The summed E-state index contributed by atoms with van der Waals surface area (Å²) < 4.78 is 1.67. The SMILES string of the molecule is Cc1c(Cl)cccc1NC(=S)/C(=C(\O)c1ccc(Cl)cc1)[n+]1cccc(CO)c1. The number of aliphatic hydroxyl groups excluding tert-OH is 2. The van der Waals surface area contributed by atoms with Crippen molar-refractivity contribution in [2.24, 2.45) is 0 Å². The van der Waals surface area contributed by atoms with Crippen LogP contribution in [0.15, 0.2) is 67.0 Å². The fourth-order valence-corrected chi connectivity index (χ4v) is 3.39. The molecule has 0 bridgehead atoms. The van der Waals surface area contributed by atoms with E-state index in [4.69, 9.17) is 35.4 Å². The summed E-state index contributed by atoms with van der Waals surface area (Å²) in [4.78, 5) is 0.294. The molecule has 0 atom stereocenters. The number of benzene rings is 2. The van der Waals surface area contributed by atoms with E-state index in [2.05, 4.69) is 5.32 Å². The molecule has 0 fully saturated rings. The van der Waals surface area contributed by atoms with Gasteiger partial charge < -0.3 is 15.5 Å². The van der Waals surface area contributed by atoms with E-state index in [1.54, 1.807) is 59.4 Å². The number of hydrogen-bond acceptors (Lipinski definition) is 3. The standard InChI is InChI=1S/C22H18Cl2N2O2S/c1-14-18(24)5-2-6-19(14)25-22(29)20(26-11-3-4-15(12-26)13-27)21(28)16-7-9-17(23)10-8-16/h2-12,27H,13H2,1H3,(H-,25,28,29)/p+1. The van der Waals surface area contributed by atoms with Gasteiger partial charge in [0.2, 0.25) is 0 Å². The van der Waals surface area contributed by atoms with Gasteiger partial charge in [-0.25, -0.2) is 0 Å². The third-order valence-electron chi connectivity index (χ3n) is 4.38. The first-order valence-electron chi connectivity index (χ1n) is 8.77. The molecular weight excluding hydrogens is 427 g/mol. The highest BCUT2D eigenvalue weighted by Gasteiger charge is 2.24. The fraction of sp³-hybridized carbons (Fsp3) is 0.0909. The highest BCUT2D eigenvalue weighted by atomic mass is 35.5. The smallest absolute Gasteiger partial charge is 0.288 e. The molecule has 0 aliphatic heterocycles. The minimum absolute atomic E-state index is 0.0288. The number of aromatic nitrogens is 1. The van der Waals surface area contributed by atoms with Crippen LogP contribution in [-0.2, 0) is 6.61 Å². The average molecular weight is 446 g/mol. The zero-order valence-electron chi connectivity index (χ0n) is 15.6. The molecule has 0 radical (unpaired) electrons. The van der Waals surface area contributed by atoms with Gasteiger partial charge in [-0.2, -0.15) is 4.57 Å². The Morgan fingerprint density at radius 1 is 1.07 bits per heavy atom. The van der Waals surface area contributed by atoms with Crippen LogP contribution in [0.3, 0.4) is 0 Å². The zero-order chi connectivity index (χ0) is 21.0. The molecule has 29 heavy (non-hydrogen) atoms. The molecule has 1 heterocycles. The Hall–Kier alpha value is -2.44. The molecule has 3 aromatic rings. The van der Waals surface area contributed by atoms with Crippen LogP contribution in [-0.4, -0.2) is 15.2 Å². The first kappa shape index (κ1) is 21.3. The maximum Gasteiger partial charge on any atom is 0.288 e. The summed E-state index contributed by atoms with van der Waals surface area (Å²) in [6.45, 7) is 1.75. The monoisotopic (exact) mass is 445 g/mol. The van der Waals surface area contributed by atoms with E-state index >= 15 is 0 Å². The van der Waals surface area contributed by atoms with Crippen molar-refractivity contribution >= 4 is 57.6 Å². The largest absolute Gasteiger partial charge is 0.502 e. The molecule has 4 nitrogen and oxygen atoms in total. The van der Waals surface area contributed by atoms with E-state index in [1.807, 2.05) is 19.1 Å². The van der Waals surface area contributed by atoms with Gasteiger partial charge in [0.15, 0.2) is 23.1 Å². The van der Waals surface area contributed by atoms with Gasteiger partial charge in [-0.15, -0.1) is 0 Å². The van der Waals surface area contributed by atoms with Gasteiger partial charge in [-0.1, -0.05) is 41.5 Å². The van der Waals surface area contributed by atoms with Crippen molar-refractivity contribution in [2.45, 2.75) is 13.5 Å². The molecule has 2 aromatic carbocycles. The van der Waals surface area contributed by atoms with E-state index in [0.29, 0.717) is 31.9 Å². The number of halogens is 2. The van der Waals surface area contributed by atoms with Crippen molar-refractivity contribution < 1.29 is 14.8 Å². The van der Waals surface area contributed by atoms with E-state index in [9.17, 15) is 10.2 Å². The second-order valence-corrected chi connectivity index (χ2v) is 7.60. The summed E-state index contributed by atoms with van der Waals surface area (Å²) in [6, 6.07) is 15.8. The Kier molecular flexibility index (Phi) is 6.87. The molecule has 148 valence electrons. The van der Waals surface area contributed by atoms with Crippen molar-refractivity contribution in [3.63, 3.8) is 0 Å². The highest BCUT2D eigenvalue weighted by molar-refractivity contribution is 7.81. The number of thiocarbonyl (C=S) groups is 1. The summed E-state index contributed by atoms with van der Waals surface area (Å²) in [6.07, 6.45) is 3.46. The predicted octanol–water partition coefficient (Wildman–Crippen LogP) is 5.40. The lowest BCUT2D eigenvalue weighted by Crippen LogP contribution is -2.39. The minimum atomic E-state index is -0.135. The van der Waals surface area contributed by atoms with E-state index in [-0.39, 0.29) is 12.4 Å². The average Bonchev–Trinajstić information content (AvgIpc) is 2.72. The number of nitrogens with one attached hydrogen (secondary N) is 1. The highest BCUT2D eigenvalue weighted by Crippen LogP contribution is 2.25. The third-order valence-corrected chi connectivity index (χ3v) is 5.33. The van der Waals surface area contributed by atoms with Crippen LogP contribution in [0.1, 0.15) is 16.7 Å². The van der Waals surface area contributed by atoms with Crippen LogP contribution >= 0.6 is 35.4 Å². The molecule has 0 aliphatic carbocycles. The number of anilines is 1. The Morgan fingerprint density at radius 2 is 1.79 bits per heavy atom. The Morgan fingerprint density at radius 3 is 2.48 bits per heavy atom. The van der Waals surface area contributed by atoms with Gasteiger partial charge in [0.1, 0.15) is 0 Å². The van der Waals surface area contributed by atoms with Gasteiger partial charge in [0.05, 0.1) is 6.61 Å². The molecule has 0 amide bonds. The molecule has 7 heteroatoms. The van der Waals surface area contributed by atoms with Gasteiger partial charge in [-0.05, 0) is 55.0 Å². The fourth-order valence-electron chi connectivity index (χ4n) is 2.77. The van der Waals surface area contributed by atoms with Gasteiger partial charge in [0.25, 0.3) is 5.70 Å². The lowest BCUT2D eigenvalue weighted by molar-refractivity contribution is -0.576. The van der Waals surface area contributed by atoms with Crippen LogP contribution in [0.5, 0.6) is 0 Å². The summed E-state index contributed by atoms with van der Waals surface area (Å²) in [5, 5.41) is 24.9. The minimum Gasteiger partial charge on any atom is -0.502 e. The second kappa shape index (κ2) is 9.37. The van der Waals surface area contributed by atoms with Crippen LogP contribution in [0.2, 0.25) is 10.0 Å². The van der Waals surface area contributed by atoms with E-state index < -0.39 is 0 Å². The lowest BCUT2D eigenvalue weighted by Gasteiger charge is -2.13. The number of rotatable bonds is 5. The quantitative estimate of drug-likeness (QED) is 0.213. The zero-order valence-corrected chi connectivity index (χ0v) is 17.9. The van der Waals surface area contributed by atoms with Crippen molar-refractivity contribution in [1.29, 1.82) is 0 Å². The number of nitrogens with zero attached hydrogens (tertiary/aromatic N) is 1. The second-order valence-electron chi connectivity index (χ2n) is 6.35. The third kappa shape index (κ3) is 4.95. The summed E-state index contributed by atoms with van der Waals surface area (Å²) in [5.74, 6) is -0.0288. The van der Waals surface area contributed by atoms with Crippen LogP contribution in [0.4, 0.5) is 5.69 Å². The summed E-state index contributed by atoms with van der Waals surface area (Å²) >= 11 is 17.8. The van der Waals surface area contributed by atoms with Crippen molar-refractivity contribution in [1.82, 2.24) is 0 Å². The van der Waals surface area contributed by atoms with Crippen LogP contribution in [0, 0.1) is 6.92 Å². The molecular formula is C22H19Cl2N2O2S+. The molecule has 1 aromatic heterocycles. The van der Waals surface area contributed by atoms with E-state index in [1.165, 1.54) is 0 Å². The molecule has 0 aliphatic rings. The molecule has 0 saturated carbocycles. The maximum atomic E-state index is 11.1. The van der Waals surface area contributed by atoms with Crippen molar-refractivity contribution in [3.8, 4) is 0 Å². The van der Waals surface area contributed by atoms with Crippen molar-refractivity contribution in [3.05, 3.63) is 93.7 Å². The number of pyridine rings is 1. The Bertz CT molecular complexity index is 1080. The molecule has 0 unspecified atom stereocenters. The Balaban J connectivity index is 2.11. The first-order chi connectivity index (χ1) is 13.9. The van der Waals surface area contributed by atoms with Crippen molar-refractivity contribution in [2.75, 3.05) is 5.32 Å². The van der Waals surface area contributed by atoms with E-state index in [0.717, 1.165) is 11.3 Å². The van der Waals surface area contributed by atoms with Gasteiger partial charge in [0, 0.05) is 32.9 Å². The van der Waals surface area contributed by atoms with Gasteiger partial charge in [-0.3, -0.25) is 0 Å². The van der Waals surface area contributed by atoms with Gasteiger partial charge >= 0.3 is 0 Å². The molecule has 3 N–H and O–H groups in total. The molecule has 0 saturated heterocycles. The maximum absolute atomic E-state index is 11.1. The Labute approximate surface area is 184 Å². The van der Waals surface area contributed by atoms with Crippen LogP contribution < -0.4 is 9.88 Å². The molecule has 0 spiro atoms. The first-order valence-corrected chi connectivity index (χ1v) is 9.94. The topological polar surface area (TPSA) is 56.4 Å². The molecule has 3 rings (SSSR count). The summed E-state index contributed by atoms with van der Waals surface area (Å²) in [5.41, 5.74) is 3.17. The summed E-state index contributed by atoms with van der Waals surface area (Å²) in [7, 11) is 0. The number of aliphatic hydroxyl groups is 2. The number of hydrogen-bond donors (Lipinski definition) is 3. The predicted molar refractivity (Wildman–Crippen MR) is 122 cm³/mol.